The number of tetrazole rings is 1. The van der Waals surface area contributed by atoms with Gasteiger partial charge in [0.15, 0.2) is 5.82 Å². The Hall–Kier alpha value is -0.930. The Morgan fingerprint density at radius 3 is 2.43 bits per heavy atom. The smallest absolute Gasteiger partial charge is 0.150 e. The molecule has 0 aliphatic carbocycles. The molecule has 0 aliphatic heterocycles. The first kappa shape index (κ1) is 11.1. The Morgan fingerprint density at radius 1 is 1.07 bits per heavy atom. The lowest BCUT2D eigenvalue weighted by Gasteiger charge is -1.99. The summed E-state index contributed by atoms with van der Waals surface area (Å²) in [5.74, 6) is 1.00. The monoisotopic (exact) mass is 196 g/mol. The molecule has 0 spiro atoms. The van der Waals surface area contributed by atoms with Crippen molar-refractivity contribution >= 4 is 0 Å². The van der Waals surface area contributed by atoms with Crippen molar-refractivity contribution in [2.75, 3.05) is 0 Å². The third kappa shape index (κ3) is 3.85. The molecule has 0 saturated carbocycles. The standard InChI is InChI=1S/C10H20N4/c1-3-4-5-6-7-8-9-10-11-12-13-14(10)2/h3-9H2,1-2H3. The maximum Gasteiger partial charge on any atom is 0.150 e. The van der Waals surface area contributed by atoms with Crippen LogP contribution in [0.5, 0.6) is 0 Å². The van der Waals surface area contributed by atoms with E-state index < -0.39 is 0 Å². The van der Waals surface area contributed by atoms with Gasteiger partial charge in [-0.1, -0.05) is 39.0 Å². The Kier molecular flexibility index (Phi) is 5.19. The van der Waals surface area contributed by atoms with Gasteiger partial charge in [0.25, 0.3) is 0 Å². The number of aryl methyl sites for hydroxylation is 2. The molecule has 1 aromatic rings. The molecular weight excluding hydrogens is 176 g/mol. The van der Waals surface area contributed by atoms with Gasteiger partial charge in [0.2, 0.25) is 0 Å². The fourth-order valence-corrected chi connectivity index (χ4v) is 1.52. The Bertz CT molecular complexity index is 244. The van der Waals surface area contributed by atoms with Crippen LogP contribution in [-0.2, 0) is 13.5 Å². The van der Waals surface area contributed by atoms with E-state index in [1.54, 1.807) is 4.68 Å². The van der Waals surface area contributed by atoms with E-state index in [1.807, 2.05) is 7.05 Å². The van der Waals surface area contributed by atoms with Crippen molar-refractivity contribution in [1.82, 2.24) is 20.2 Å². The molecule has 0 amide bonds. The Morgan fingerprint density at radius 2 is 1.79 bits per heavy atom. The van der Waals surface area contributed by atoms with Gasteiger partial charge in [-0.2, -0.15) is 0 Å². The fraction of sp³-hybridized carbons (Fsp3) is 0.900. The van der Waals surface area contributed by atoms with E-state index in [0.717, 1.165) is 12.2 Å². The molecule has 4 heteroatoms. The van der Waals surface area contributed by atoms with Crippen molar-refractivity contribution in [3.8, 4) is 0 Å². The SMILES string of the molecule is CCCCCCCCc1nnnn1C. The zero-order valence-corrected chi connectivity index (χ0v) is 9.24. The fourth-order valence-electron chi connectivity index (χ4n) is 1.52. The minimum absolute atomic E-state index is 1.00. The van der Waals surface area contributed by atoms with Crippen molar-refractivity contribution in [2.45, 2.75) is 51.9 Å². The maximum absolute atomic E-state index is 3.95. The zero-order valence-electron chi connectivity index (χ0n) is 9.24. The van der Waals surface area contributed by atoms with Crippen molar-refractivity contribution in [3.63, 3.8) is 0 Å². The van der Waals surface area contributed by atoms with E-state index in [9.17, 15) is 0 Å². The highest BCUT2D eigenvalue weighted by molar-refractivity contribution is 4.78. The number of unbranched alkanes of at least 4 members (excludes halogenated alkanes) is 5. The largest absolute Gasteiger partial charge is 0.233 e. The van der Waals surface area contributed by atoms with Crippen molar-refractivity contribution < 1.29 is 0 Å². The van der Waals surface area contributed by atoms with E-state index >= 15 is 0 Å². The Labute approximate surface area is 85.7 Å². The lowest BCUT2D eigenvalue weighted by Crippen LogP contribution is -1.99. The topological polar surface area (TPSA) is 43.6 Å². The van der Waals surface area contributed by atoms with E-state index in [0.29, 0.717) is 0 Å². The Balaban J connectivity index is 2.02. The molecule has 1 rings (SSSR count). The van der Waals surface area contributed by atoms with Crippen LogP contribution in [-0.4, -0.2) is 20.2 Å². The second-order valence-electron chi connectivity index (χ2n) is 3.74. The average molecular weight is 196 g/mol. The summed E-state index contributed by atoms with van der Waals surface area (Å²) in [6.07, 6.45) is 8.91. The number of nitrogens with zero attached hydrogens (tertiary/aromatic N) is 4. The minimum Gasteiger partial charge on any atom is -0.233 e. The van der Waals surface area contributed by atoms with E-state index in [1.165, 1.54) is 38.5 Å². The third-order valence-electron chi connectivity index (χ3n) is 2.46. The highest BCUT2D eigenvalue weighted by atomic mass is 15.5. The summed E-state index contributed by atoms with van der Waals surface area (Å²) in [7, 11) is 1.90. The summed E-state index contributed by atoms with van der Waals surface area (Å²) >= 11 is 0. The van der Waals surface area contributed by atoms with Crippen LogP contribution in [0, 0.1) is 0 Å². The first-order chi connectivity index (χ1) is 6.84. The lowest BCUT2D eigenvalue weighted by atomic mass is 10.1. The predicted octanol–water partition coefficient (Wildman–Crippen LogP) is 2.11. The van der Waals surface area contributed by atoms with E-state index in [4.69, 9.17) is 0 Å². The molecule has 80 valence electrons. The van der Waals surface area contributed by atoms with Gasteiger partial charge in [0.05, 0.1) is 0 Å². The van der Waals surface area contributed by atoms with Gasteiger partial charge in [0, 0.05) is 13.5 Å². The molecule has 0 N–H and O–H groups in total. The van der Waals surface area contributed by atoms with Crippen LogP contribution in [0.25, 0.3) is 0 Å². The number of hydrogen-bond donors (Lipinski definition) is 0. The lowest BCUT2D eigenvalue weighted by molar-refractivity contribution is 0.587. The van der Waals surface area contributed by atoms with Gasteiger partial charge in [0.1, 0.15) is 0 Å². The van der Waals surface area contributed by atoms with Crippen LogP contribution in [0.4, 0.5) is 0 Å². The highest BCUT2D eigenvalue weighted by Gasteiger charge is 2.00. The average Bonchev–Trinajstić information content (AvgIpc) is 2.58. The molecule has 0 aliphatic rings. The summed E-state index contributed by atoms with van der Waals surface area (Å²) < 4.78 is 1.76. The first-order valence-electron chi connectivity index (χ1n) is 5.56. The molecular formula is C10H20N4. The molecule has 0 fully saturated rings. The summed E-state index contributed by atoms with van der Waals surface area (Å²) in [6.45, 7) is 2.24. The van der Waals surface area contributed by atoms with Gasteiger partial charge in [-0.3, -0.25) is 0 Å². The maximum atomic E-state index is 3.95. The molecule has 14 heavy (non-hydrogen) atoms. The highest BCUT2D eigenvalue weighted by Crippen LogP contribution is 2.07. The number of rotatable bonds is 7. The van der Waals surface area contributed by atoms with E-state index in [-0.39, 0.29) is 0 Å². The van der Waals surface area contributed by atoms with Crippen LogP contribution in [0.3, 0.4) is 0 Å². The van der Waals surface area contributed by atoms with Gasteiger partial charge in [-0.15, -0.1) is 5.10 Å². The van der Waals surface area contributed by atoms with Crippen LogP contribution >= 0.6 is 0 Å². The second kappa shape index (κ2) is 6.51. The van der Waals surface area contributed by atoms with Gasteiger partial charge in [-0.25, -0.2) is 4.68 Å². The minimum atomic E-state index is 1.00. The molecule has 0 aromatic carbocycles. The van der Waals surface area contributed by atoms with Crippen molar-refractivity contribution in [2.24, 2.45) is 7.05 Å². The zero-order chi connectivity index (χ0) is 10.2. The molecule has 4 nitrogen and oxygen atoms in total. The predicted molar refractivity (Wildman–Crippen MR) is 55.9 cm³/mol. The first-order valence-corrected chi connectivity index (χ1v) is 5.56. The summed E-state index contributed by atoms with van der Waals surface area (Å²) in [4.78, 5) is 0. The van der Waals surface area contributed by atoms with Crippen LogP contribution < -0.4 is 0 Å². The summed E-state index contributed by atoms with van der Waals surface area (Å²) in [5.41, 5.74) is 0. The second-order valence-corrected chi connectivity index (χ2v) is 3.74. The summed E-state index contributed by atoms with van der Waals surface area (Å²) in [6, 6.07) is 0. The molecule has 0 bridgehead atoms. The summed E-state index contributed by atoms with van der Waals surface area (Å²) in [5, 5.41) is 11.4. The van der Waals surface area contributed by atoms with Gasteiger partial charge >= 0.3 is 0 Å². The van der Waals surface area contributed by atoms with Crippen molar-refractivity contribution in [3.05, 3.63) is 5.82 Å². The van der Waals surface area contributed by atoms with Gasteiger partial charge < -0.3 is 0 Å². The number of aromatic nitrogens is 4. The molecule has 0 saturated heterocycles. The van der Waals surface area contributed by atoms with Crippen LogP contribution in [0.1, 0.15) is 51.3 Å². The van der Waals surface area contributed by atoms with Gasteiger partial charge in [-0.05, 0) is 16.8 Å². The van der Waals surface area contributed by atoms with Crippen molar-refractivity contribution in [1.29, 1.82) is 0 Å². The number of hydrogen-bond acceptors (Lipinski definition) is 3. The molecule has 0 unspecified atom stereocenters. The molecule has 0 radical (unpaired) electrons. The van der Waals surface area contributed by atoms with Crippen LogP contribution in [0.2, 0.25) is 0 Å². The quantitative estimate of drug-likeness (QED) is 0.627. The normalized spacial score (nSPS) is 10.7. The van der Waals surface area contributed by atoms with Crippen LogP contribution in [0.15, 0.2) is 0 Å². The molecule has 1 aromatic heterocycles. The molecule has 0 atom stereocenters. The van der Waals surface area contributed by atoms with E-state index in [2.05, 4.69) is 22.4 Å². The molecule has 1 heterocycles. The third-order valence-corrected chi connectivity index (χ3v) is 2.46.